The first-order valence-corrected chi connectivity index (χ1v) is 6.08. The Morgan fingerprint density at radius 3 is 2.69 bits per heavy atom. The number of nitrogens with zero attached hydrogens (tertiary/aromatic N) is 1. The van der Waals surface area contributed by atoms with Gasteiger partial charge in [0.05, 0.1) is 10.7 Å². The van der Waals surface area contributed by atoms with Crippen molar-refractivity contribution in [3.05, 3.63) is 48.2 Å². The number of alkyl halides is 1. The minimum absolute atomic E-state index is 0.485. The quantitative estimate of drug-likeness (QED) is 0.452. The molecule has 0 aliphatic carbocycles. The summed E-state index contributed by atoms with van der Waals surface area (Å²) in [6.45, 7) is 0. The van der Waals surface area contributed by atoms with Crippen molar-refractivity contribution in [1.29, 1.82) is 0 Å². The van der Waals surface area contributed by atoms with Crippen LogP contribution in [0.1, 0.15) is 10.8 Å². The van der Waals surface area contributed by atoms with Gasteiger partial charge in [0.25, 0.3) is 0 Å². The third kappa shape index (κ3) is 2.09. The Hall–Kier alpha value is -0.410. The molecule has 0 spiro atoms. The minimum atomic E-state index is 0.485. The van der Waals surface area contributed by atoms with Crippen molar-refractivity contribution in [2.45, 2.75) is 5.25 Å². The van der Waals surface area contributed by atoms with Crippen molar-refractivity contribution in [2.75, 3.05) is 5.45 Å². The summed E-state index contributed by atoms with van der Waals surface area (Å²) < 4.78 is 2.18. The lowest BCUT2D eigenvalue weighted by Gasteiger charge is -2.13. The molecule has 1 atom stereocenters. The second-order valence-electron chi connectivity index (χ2n) is 2.81. The zero-order valence-corrected chi connectivity index (χ0v) is 9.46. The molecule has 0 fully saturated rings. The summed E-state index contributed by atoms with van der Waals surface area (Å²) in [5.41, 5.74) is 2.25. The van der Waals surface area contributed by atoms with E-state index in [1.807, 2.05) is 11.9 Å². The first-order valence-electron chi connectivity index (χ1n) is 4.13. The van der Waals surface area contributed by atoms with Crippen molar-refractivity contribution in [1.82, 2.24) is 4.31 Å². The summed E-state index contributed by atoms with van der Waals surface area (Å²) in [7, 11) is 0. The SMILES string of the molecule is BrCN1C=CC(c2ccccc2)S1. The molecule has 13 heavy (non-hydrogen) atoms. The summed E-state index contributed by atoms with van der Waals surface area (Å²) >= 11 is 5.27. The highest BCUT2D eigenvalue weighted by atomic mass is 79.9. The van der Waals surface area contributed by atoms with Gasteiger partial charge >= 0.3 is 0 Å². The number of benzene rings is 1. The molecule has 0 saturated carbocycles. The predicted molar refractivity (Wildman–Crippen MR) is 61.5 cm³/mol. The molecule has 1 heterocycles. The van der Waals surface area contributed by atoms with Gasteiger partial charge in [0.15, 0.2) is 0 Å². The lowest BCUT2D eigenvalue weighted by atomic mass is 10.1. The van der Waals surface area contributed by atoms with Crippen LogP contribution in [0.2, 0.25) is 0 Å². The molecule has 0 saturated heterocycles. The van der Waals surface area contributed by atoms with Crippen molar-refractivity contribution >= 4 is 27.9 Å². The third-order valence-corrected chi connectivity index (χ3v) is 3.97. The number of hydrogen-bond donors (Lipinski definition) is 0. The molecule has 1 aromatic carbocycles. The lowest BCUT2D eigenvalue weighted by Crippen LogP contribution is -2.00. The number of rotatable bonds is 2. The Labute approximate surface area is 91.1 Å². The molecule has 0 N–H and O–H groups in total. The van der Waals surface area contributed by atoms with Gasteiger partial charge in [-0.2, -0.15) is 0 Å². The van der Waals surface area contributed by atoms with E-state index in [0.717, 1.165) is 5.45 Å². The van der Waals surface area contributed by atoms with Crippen molar-refractivity contribution < 1.29 is 0 Å². The molecule has 1 aliphatic rings. The molecule has 68 valence electrons. The van der Waals surface area contributed by atoms with E-state index in [4.69, 9.17) is 0 Å². The smallest absolute Gasteiger partial charge is 0.0840 e. The van der Waals surface area contributed by atoms with Gasteiger partial charge in [-0.1, -0.05) is 46.3 Å². The van der Waals surface area contributed by atoms with Crippen LogP contribution in [-0.4, -0.2) is 9.76 Å². The molecule has 3 heteroatoms. The van der Waals surface area contributed by atoms with Crippen LogP contribution >= 0.6 is 27.9 Å². The van der Waals surface area contributed by atoms with Gasteiger partial charge < -0.3 is 4.31 Å². The van der Waals surface area contributed by atoms with Gasteiger partial charge in [0, 0.05) is 6.20 Å². The van der Waals surface area contributed by atoms with Crippen molar-refractivity contribution in [3.63, 3.8) is 0 Å². The van der Waals surface area contributed by atoms with E-state index in [2.05, 4.69) is 62.8 Å². The van der Waals surface area contributed by atoms with Gasteiger partial charge in [0.1, 0.15) is 0 Å². The lowest BCUT2D eigenvalue weighted by molar-refractivity contribution is 0.765. The van der Waals surface area contributed by atoms with E-state index >= 15 is 0 Å². The maximum Gasteiger partial charge on any atom is 0.0840 e. The van der Waals surface area contributed by atoms with Gasteiger partial charge in [-0.15, -0.1) is 0 Å². The van der Waals surface area contributed by atoms with Crippen LogP contribution in [0.3, 0.4) is 0 Å². The fraction of sp³-hybridized carbons (Fsp3) is 0.200. The van der Waals surface area contributed by atoms with Gasteiger partial charge in [-0.05, 0) is 23.6 Å². The van der Waals surface area contributed by atoms with Gasteiger partial charge in [-0.3, -0.25) is 0 Å². The van der Waals surface area contributed by atoms with Crippen LogP contribution in [0.25, 0.3) is 0 Å². The molecule has 0 bridgehead atoms. The average Bonchev–Trinajstić information content (AvgIpc) is 2.67. The van der Waals surface area contributed by atoms with E-state index in [-0.39, 0.29) is 0 Å². The summed E-state index contributed by atoms with van der Waals surface area (Å²) in [6, 6.07) is 10.6. The second-order valence-corrected chi connectivity index (χ2v) is 4.50. The van der Waals surface area contributed by atoms with Crippen LogP contribution in [-0.2, 0) is 0 Å². The Balaban J connectivity index is 2.09. The molecule has 0 aromatic heterocycles. The standard InChI is InChI=1S/C10H10BrNS/c11-8-12-7-6-10(13-12)9-4-2-1-3-5-9/h1-7,10H,8H2. The molecule has 2 rings (SSSR count). The summed E-state index contributed by atoms with van der Waals surface area (Å²) in [4.78, 5) is 0. The van der Waals surface area contributed by atoms with E-state index in [9.17, 15) is 0 Å². The number of hydrogen-bond acceptors (Lipinski definition) is 2. The predicted octanol–water partition coefficient (Wildman–Crippen LogP) is 3.56. The first-order chi connectivity index (χ1) is 6.40. The molecule has 1 unspecified atom stereocenters. The second kappa shape index (κ2) is 4.20. The highest BCUT2D eigenvalue weighted by molar-refractivity contribution is 9.09. The summed E-state index contributed by atoms with van der Waals surface area (Å²) in [5.74, 6) is 0. The van der Waals surface area contributed by atoms with E-state index < -0.39 is 0 Å². The maximum absolute atomic E-state index is 3.43. The summed E-state index contributed by atoms with van der Waals surface area (Å²) in [6.07, 6.45) is 4.35. The third-order valence-electron chi connectivity index (χ3n) is 1.92. The van der Waals surface area contributed by atoms with E-state index in [1.165, 1.54) is 5.56 Å². The molecule has 0 radical (unpaired) electrons. The fourth-order valence-electron chi connectivity index (χ4n) is 1.27. The largest absolute Gasteiger partial charge is 0.312 e. The Bertz CT molecular complexity index is 299. The Morgan fingerprint density at radius 2 is 2.08 bits per heavy atom. The zero-order valence-electron chi connectivity index (χ0n) is 7.06. The topological polar surface area (TPSA) is 3.24 Å². The van der Waals surface area contributed by atoms with Crippen molar-refractivity contribution in [3.8, 4) is 0 Å². The minimum Gasteiger partial charge on any atom is -0.312 e. The zero-order chi connectivity index (χ0) is 9.10. The highest BCUT2D eigenvalue weighted by Gasteiger charge is 2.17. The number of halogens is 1. The fourth-order valence-corrected chi connectivity index (χ4v) is 2.70. The van der Waals surface area contributed by atoms with E-state index in [0.29, 0.717) is 5.25 Å². The molecular weight excluding hydrogens is 246 g/mol. The van der Waals surface area contributed by atoms with Crippen LogP contribution in [0.15, 0.2) is 42.6 Å². The molecule has 1 nitrogen and oxygen atoms in total. The normalized spacial score (nSPS) is 21.0. The van der Waals surface area contributed by atoms with Crippen LogP contribution in [0, 0.1) is 0 Å². The van der Waals surface area contributed by atoms with Gasteiger partial charge in [0.2, 0.25) is 0 Å². The monoisotopic (exact) mass is 255 g/mol. The molecule has 1 aliphatic heterocycles. The first kappa shape index (κ1) is 9.16. The van der Waals surface area contributed by atoms with E-state index in [1.54, 1.807) is 0 Å². The highest BCUT2D eigenvalue weighted by Crippen LogP contribution is 2.38. The molecule has 1 aromatic rings. The van der Waals surface area contributed by atoms with Gasteiger partial charge in [-0.25, -0.2) is 0 Å². The van der Waals surface area contributed by atoms with Crippen LogP contribution < -0.4 is 0 Å². The molecule has 0 amide bonds. The van der Waals surface area contributed by atoms with Crippen LogP contribution in [0.4, 0.5) is 0 Å². The maximum atomic E-state index is 3.43. The molecular formula is C10H10BrNS. The Morgan fingerprint density at radius 1 is 1.31 bits per heavy atom. The summed E-state index contributed by atoms with van der Waals surface area (Å²) in [5, 5.41) is 0.485. The average molecular weight is 256 g/mol. The Kier molecular flexibility index (Phi) is 2.96. The van der Waals surface area contributed by atoms with Crippen LogP contribution in [0.5, 0.6) is 0 Å². The van der Waals surface area contributed by atoms with Crippen molar-refractivity contribution in [2.24, 2.45) is 0 Å².